The summed E-state index contributed by atoms with van der Waals surface area (Å²) < 4.78 is 1.82. The van der Waals surface area contributed by atoms with Crippen LogP contribution in [0.15, 0.2) is 36.7 Å². The monoisotopic (exact) mass is 322 g/mol. The highest BCUT2D eigenvalue weighted by Gasteiger charge is 2.24. The number of aromatic nitrogens is 4. The lowest BCUT2D eigenvalue weighted by Crippen LogP contribution is -3.08. The van der Waals surface area contributed by atoms with E-state index >= 15 is 0 Å². The molecule has 0 saturated carbocycles. The number of thiophene rings is 1. The molecule has 0 aliphatic carbocycles. The molecule has 1 aliphatic heterocycles. The third-order valence-electron chi connectivity index (χ3n) is 4.51. The van der Waals surface area contributed by atoms with Crippen LogP contribution in [0.1, 0.15) is 10.4 Å². The lowest BCUT2D eigenvalue weighted by atomic mass is 10.1. The number of nitrogens with one attached hydrogen (secondary N) is 1. The highest BCUT2D eigenvalue weighted by atomic mass is 32.1. The van der Waals surface area contributed by atoms with Gasteiger partial charge in [0.15, 0.2) is 11.5 Å². The number of likely N-dealkylation sites (N-methyl/N-ethyl adjacent to an activating group) is 1. The maximum absolute atomic E-state index is 4.82. The Labute approximate surface area is 137 Å². The van der Waals surface area contributed by atoms with E-state index in [1.807, 2.05) is 46.2 Å². The number of hydrogen-bond acceptors (Lipinski definition) is 4. The van der Waals surface area contributed by atoms with Gasteiger partial charge in [0, 0.05) is 12.0 Å². The minimum Gasteiger partial charge on any atom is -0.333 e. The molecule has 114 valence electrons. The molecule has 5 rings (SSSR count). The quantitative estimate of drug-likeness (QED) is 0.579. The SMILES string of the molecule is C[NH+]1CCc2c(sc3ncn4nc(-c5ccccc5)nc4c23)C1. The van der Waals surface area contributed by atoms with E-state index in [1.165, 1.54) is 22.4 Å². The van der Waals surface area contributed by atoms with Crippen molar-refractivity contribution in [3.8, 4) is 11.4 Å². The molecule has 23 heavy (non-hydrogen) atoms. The second kappa shape index (κ2) is 4.84. The van der Waals surface area contributed by atoms with Crippen molar-refractivity contribution >= 4 is 27.2 Å². The normalized spacial score (nSPS) is 17.7. The molecule has 4 aromatic rings. The van der Waals surface area contributed by atoms with Crippen molar-refractivity contribution in [3.05, 3.63) is 47.1 Å². The smallest absolute Gasteiger partial charge is 0.182 e. The van der Waals surface area contributed by atoms with E-state index in [9.17, 15) is 0 Å². The number of fused-ring (bicyclic) bond motifs is 5. The first-order chi connectivity index (χ1) is 11.3. The lowest BCUT2D eigenvalue weighted by molar-refractivity contribution is -0.895. The number of hydrogen-bond donors (Lipinski definition) is 1. The average Bonchev–Trinajstić information content (AvgIpc) is 3.15. The fourth-order valence-electron chi connectivity index (χ4n) is 3.32. The van der Waals surface area contributed by atoms with Crippen LogP contribution in [0.5, 0.6) is 0 Å². The summed E-state index contributed by atoms with van der Waals surface area (Å²) in [4.78, 5) is 13.5. The van der Waals surface area contributed by atoms with Crippen molar-refractivity contribution in [1.29, 1.82) is 0 Å². The van der Waals surface area contributed by atoms with Gasteiger partial charge < -0.3 is 4.90 Å². The Morgan fingerprint density at radius 1 is 1.22 bits per heavy atom. The molecule has 0 spiro atoms. The molecule has 1 aliphatic rings. The molecule has 0 saturated heterocycles. The standard InChI is InChI=1S/C17H15N5S/c1-21-8-7-12-13(9-21)23-17-14(12)16-19-15(20-22(16)10-18-17)11-5-3-2-4-6-11/h2-6,10H,7-9H2,1H3/p+1. The van der Waals surface area contributed by atoms with E-state index in [0.29, 0.717) is 0 Å². The first-order valence-corrected chi connectivity index (χ1v) is 8.63. The highest BCUT2D eigenvalue weighted by Crippen LogP contribution is 2.33. The summed E-state index contributed by atoms with van der Waals surface area (Å²) >= 11 is 1.81. The van der Waals surface area contributed by atoms with Gasteiger partial charge in [-0.25, -0.2) is 14.5 Å². The van der Waals surface area contributed by atoms with Gasteiger partial charge in [0.1, 0.15) is 17.7 Å². The van der Waals surface area contributed by atoms with Gasteiger partial charge in [-0.3, -0.25) is 0 Å². The Balaban J connectivity index is 1.78. The van der Waals surface area contributed by atoms with Gasteiger partial charge in [0.05, 0.1) is 23.9 Å². The van der Waals surface area contributed by atoms with E-state index in [4.69, 9.17) is 4.98 Å². The Morgan fingerprint density at radius 3 is 2.96 bits per heavy atom. The molecule has 0 amide bonds. The molecule has 0 bridgehead atoms. The summed E-state index contributed by atoms with van der Waals surface area (Å²) in [5, 5.41) is 5.82. The summed E-state index contributed by atoms with van der Waals surface area (Å²) in [6.07, 6.45) is 2.88. The molecule has 6 heteroatoms. The molecule has 1 atom stereocenters. The van der Waals surface area contributed by atoms with Crippen LogP contribution < -0.4 is 4.90 Å². The average molecular weight is 322 g/mol. The molecular weight excluding hydrogens is 306 g/mol. The topological polar surface area (TPSA) is 47.5 Å². The van der Waals surface area contributed by atoms with Crippen molar-refractivity contribution in [2.45, 2.75) is 13.0 Å². The molecule has 4 heterocycles. The van der Waals surface area contributed by atoms with E-state index in [2.05, 4.69) is 17.1 Å². The van der Waals surface area contributed by atoms with Crippen LogP contribution in [-0.2, 0) is 13.0 Å². The number of quaternary nitrogens is 1. The van der Waals surface area contributed by atoms with Crippen molar-refractivity contribution < 1.29 is 4.90 Å². The molecule has 0 fully saturated rings. The first kappa shape index (κ1) is 13.2. The van der Waals surface area contributed by atoms with Crippen LogP contribution in [0.4, 0.5) is 0 Å². The summed E-state index contributed by atoms with van der Waals surface area (Å²) in [5.41, 5.74) is 3.41. The predicted molar refractivity (Wildman–Crippen MR) is 90.8 cm³/mol. The third-order valence-corrected chi connectivity index (χ3v) is 5.65. The van der Waals surface area contributed by atoms with Crippen LogP contribution in [0, 0.1) is 0 Å². The van der Waals surface area contributed by atoms with Crippen LogP contribution in [-0.4, -0.2) is 33.2 Å². The second-order valence-corrected chi connectivity index (χ2v) is 7.22. The molecule has 1 unspecified atom stereocenters. The molecule has 1 aromatic carbocycles. The Bertz CT molecular complexity index is 1020. The van der Waals surface area contributed by atoms with Crippen molar-refractivity contribution in [3.63, 3.8) is 0 Å². The second-order valence-electron chi connectivity index (χ2n) is 6.13. The highest BCUT2D eigenvalue weighted by molar-refractivity contribution is 7.19. The van der Waals surface area contributed by atoms with Gasteiger partial charge in [-0.15, -0.1) is 16.4 Å². The Morgan fingerprint density at radius 2 is 2.09 bits per heavy atom. The van der Waals surface area contributed by atoms with Crippen LogP contribution in [0.3, 0.4) is 0 Å². The maximum atomic E-state index is 4.82. The maximum Gasteiger partial charge on any atom is 0.182 e. The largest absolute Gasteiger partial charge is 0.333 e. The molecular formula is C17H16N5S+. The van der Waals surface area contributed by atoms with Gasteiger partial charge >= 0.3 is 0 Å². The van der Waals surface area contributed by atoms with Crippen LogP contribution in [0.25, 0.3) is 27.3 Å². The molecule has 1 N–H and O–H groups in total. The van der Waals surface area contributed by atoms with Crippen molar-refractivity contribution in [2.24, 2.45) is 0 Å². The third kappa shape index (κ3) is 1.99. The fourth-order valence-corrected chi connectivity index (χ4v) is 4.61. The number of nitrogens with zero attached hydrogens (tertiary/aromatic N) is 4. The first-order valence-electron chi connectivity index (χ1n) is 7.82. The predicted octanol–water partition coefficient (Wildman–Crippen LogP) is 1.58. The van der Waals surface area contributed by atoms with Crippen LogP contribution in [0.2, 0.25) is 0 Å². The van der Waals surface area contributed by atoms with E-state index in [1.54, 1.807) is 11.2 Å². The number of benzene rings is 1. The zero-order chi connectivity index (χ0) is 15.4. The Hall–Kier alpha value is -2.31. The molecule has 3 aromatic heterocycles. The zero-order valence-electron chi connectivity index (χ0n) is 12.8. The van der Waals surface area contributed by atoms with Crippen molar-refractivity contribution in [1.82, 2.24) is 19.6 Å². The van der Waals surface area contributed by atoms with Gasteiger partial charge in [-0.05, 0) is 5.56 Å². The fraction of sp³-hybridized carbons (Fsp3) is 0.235. The van der Waals surface area contributed by atoms with Gasteiger partial charge in [-0.1, -0.05) is 30.3 Å². The number of rotatable bonds is 1. The van der Waals surface area contributed by atoms with Gasteiger partial charge in [-0.2, -0.15) is 0 Å². The van der Waals surface area contributed by atoms with E-state index in [-0.39, 0.29) is 0 Å². The van der Waals surface area contributed by atoms with Gasteiger partial charge in [0.2, 0.25) is 0 Å². The molecule has 5 nitrogen and oxygen atoms in total. The molecule has 0 radical (unpaired) electrons. The minimum absolute atomic E-state index is 0.762. The summed E-state index contributed by atoms with van der Waals surface area (Å²) in [5.74, 6) is 0.762. The van der Waals surface area contributed by atoms with E-state index < -0.39 is 0 Å². The summed E-state index contributed by atoms with van der Waals surface area (Å²) in [6.45, 7) is 2.25. The van der Waals surface area contributed by atoms with Crippen LogP contribution >= 0.6 is 11.3 Å². The van der Waals surface area contributed by atoms with Gasteiger partial charge in [0.25, 0.3) is 0 Å². The lowest BCUT2D eigenvalue weighted by Gasteiger charge is -2.19. The minimum atomic E-state index is 0.762. The zero-order valence-corrected chi connectivity index (χ0v) is 13.6. The van der Waals surface area contributed by atoms with Crippen molar-refractivity contribution in [2.75, 3.05) is 13.6 Å². The summed E-state index contributed by atoms with van der Waals surface area (Å²) in [7, 11) is 2.25. The van der Waals surface area contributed by atoms with E-state index in [0.717, 1.165) is 34.8 Å². The summed E-state index contributed by atoms with van der Waals surface area (Å²) in [6, 6.07) is 10.1. The Kier molecular flexibility index (Phi) is 2.77.